The molecule has 0 aliphatic carbocycles. The van der Waals surface area contributed by atoms with Crippen molar-refractivity contribution >= 4 is 5.97 Å². The number of aliphatic hydroxyl groups is 1. The zero-order chi connectivity index (χ0) is 9.56. The van der Waals surface area contributed by atoms with Crippen molar-refractivity contribution in [2.45, 2.75) is 19.4 Å². The number of hydrogen-bond acceptors (Lipinski definition) is 4. The van der Waals surface area contributed by atoms with Crippen LogP contribution >= 0.6 is 0 Å². The molecule has 0 unspecified atom stereocenters. The molecule has 0 aromatic carbocycles. The lowest BCUT2D eigenvalue weighted by Crippen LogP contribution is -2.28. The molecule has 0 aliphatic heterocycles. The van der Waals surface area contributed by atoms with Gasteiger partial charge in [-0.1, -0.05) is 0 Å². The number of carbonyl (C=O) groups excluding carboxylic acids is 1. The third-order valence-electron chi connectivity index (χ3n) is 1.28. The maximum atomic E-state index is 10.8. The van der Waals surface area contributed by atoms with Crippen LogP contribution in [0.15, 0.2) is 0 Å². The van der Waals surface area contributed by atoms with Gasteiger partial charge in [-0.15, -0.1) is 0 Å². The predicted octanol–water partition coefficient (Wildman–Crippen LogP) is -0.138. The first kappa shape index (κ1) is 11.4. The standard InChI is InChI=1S/C8H17NO3/c1-4-12-8(11)5-7(10)6-9(2)3/h7,10H,4-6H2,1-3H3/t7-/m0/s1. The summed E-state index contributed by atoms with van der Waals surface area (Å²) in [6.07, 6.45) is -0.550. The van der Waals surface area contributed by atoms with Gasteiger partial charge in [0.25, 0.3) is 0 Å². The summed E-state index contributed by atoms with van der Waals surface area (Å²) < 4.78 is 4.68. The zero-order valence-electron chi connectivity index (χ0n) is 7.91. The molecule has 0 aromatic heterocycles. The normalized spacial score (nSPS) is 13.1. The third-order valence-corrected chi connectivity index (χ3v) is 1.28. The molecule has 4 nitrogen and oxygen atoms in total. The van der Waals surface area contributed by atoms with Crippen LogP contribution in [-0.2, 0) is 9.53 Å². The Morgan fingerprint density at radius 3 is 2.58 bits per heavy atom. The fourth-order valence-corrected chi connectivity index (χ4v) is 0.898. The second-order valence-corrected chi connectivity index (χ2v) is 2.93. The van der Waals surface area contributed by atoms with Crippen molar-refractivity contribution in [1.29, 1.82) is 0 Å². The van der Waals surface area contributed by atoms with Crippen molar-refractivity contribution < 1.29 is 14.6 Å². The molecule has 0 spiro atoms. The molecule has 0 heterocycles. The molecule has 0 aromatic rings. The minimum atomic E-state index is -0.626. The third kappa shape index (κ3) is 6.12. The Balaban J connectivity index is 3.54. The lowest BCUT2D eigenvalue weighted by Gasteiger charge is -2.14. The number of carbonyl (C=O) groups is 1. The lowest BCUT2D eigenvalue weighted by molar-refractivity contribution is -0.145. The Kier molecular flexibility index (Phi) is 5.66. The summed E-state index contributed by atoms with van der Waals surface area (Å²) >= 11 is 0. The number of rotatable bonds is 5. The minimum absolute atomic E-state index is 0.0754. The summed E-state index contributed by atoms with van der Waals surface area (Å²) in [7, 11) is 3.68. The highest BCUT2D eigenvalue weighted by Crippen LogP contribution is 1.95. The highest BCUT2D eigenvalue weighted by molar-refractivity contribution is 5.69. The summed E-state index contributed by atoms with van der Waals surface area (Å²) in [5.41, 5.74) is 0. The van der Waals surface area contributed by atoms with E-state index in [9.17, 15) is 9.90 Å². The molecule has 0 saturated carbocycles. The molecule has 0 fully saturated rings. The Morgan fingerprint density at radius 1 is 1.58 bits per heavy atom. The second-order valence-electron chi connectivity index (χ2n) is 2.93. The zero-order valence-corrected chi connectivity index (χ0v) is 7.91. The molecule has 0 aliphatic rings. The number of nitrogens with zero attached hydrogens (tertiary/aromatic N) is 1. The number of hydrogen-bond donors (Lipinski definition) is 1. The molecule has 0 amide bonds. The first-order chi connectivity index (χ1) is 5.56. The Bertz CT molecular complexity index is 136. The van der Waals surface area contributed by atoms with E-state index < -0.39 is 6.10 Å². The average molecular weight is 175 g/mol. The van der Waals surface area contributed by atoms with Crippen LogP contribution in [0.3, 0.4) is 0 Å². The predicted molar refractivity (Wildman–Crippen MR) is 45.8 cm³/mol. The van der Waals surface area contributed by atoms with E-state index in [1.54, 1.807) is 6.92 Å². The number of ether oxygens (including phenoxy) is 1. The van der Waals surface area contributed by atoms with Crippen LogP contribution in [0.2, 0.25) is 0 Å². The molecule has 0 radical (unpaired) electrons. The minimum Gasteiger partial charge on any atom is -0.466 e. The summed E-state index contributed by atoms with van der Waals surface area (Å²) in [5.74, 6) is -0.341. The monoisotopic (exact) mass is 175 g/mol. The largest absolute Gasteiger partial charge is 0.466 e. The molecule has 12 heavy (non-hydrogen) atoms. The van der Waals surface area contributed by atoms with Gasteiger partial charge in [0.15, 0.2) is 0 Å². The Labute approximate surface area is 73.1 Å². The van der Waals surface area contributed by atoms with Crippen LogP contribution in [0.25, 0.3) is 0 Å². The second kappa shape index (κ2) is 5.97. The highest BCUT2D eigenvalue weighted by atomic mass is 16.5. The van der Waals surface area contributed by atoms with Gasteiger partial charge in [-0.05, 0) is 21.0 Å². The van der Waals surface area contributed by atoms with Crippen LogP contribution in [0, 0.1) is 0 Å². The molecule has 0 bridgehead atoms. The number of esters is 1. The van der Waals surface area contributed by atoms with E-state index in [4.69, 9.17) is 0 Å². The van der Waals surface area contributed by atoms with Gasteiger partial charge in [-0.3, -0.25) is 4.79 Å². The maximum absolute atomic E-state index is 10.8. The fourth-order valence-electron chi connectivity index (χ4n) is 0.898. The molecule has 72 valence electrons. The first-order valence-electron chi connectivity index (χ1n) is 4.04. The Morgan fingerprint density at radius 2 is 2.17 bits per heavy atom. The van der Waals surface area contributed by atoms with Gasteiger partial charge in [0.05, 0.1) is 19.1 Å². The van der Waals surface area contributed by atoms with E-state index >= 15 is 0 Å². The van der Waals surface area contributed by atoms with E-state index in [0.29, 0.717) is 13.2 Å². The number of likely N-dealkylation sites (N-methyl/N-ethyl adjacent to an activating group) is 1. The van der Waals surface area contributed by atoms with E-state index in [1.165, 1.54) is 0 Å². The van der Waals surface area contributed by atoms with E-state index in [1.807, 2.05) is 19.0 Å². The van der Waals surface area contributed by atoms with Gasteiger partial charge >= 0.3 is 5.97 Å². The van der Waals surface area contributed by atoms with Crippen molar-refractivity contribution in [2.75, 3.05) is 27.2 Å². The van der Waals surface area contributed by atoms with Crippen molar-refractivity contribution in [3.05, 3.63) is 0 Å². The van der Waals surface area contributed by atoms with Crippen LogP contribution in [0.4, 0.5) is 0 Å². The summed E-state index contributed by atoms with van der Waals surface area (Å²) in [5, 5.41) is 9.27. The van der Waals surface area contributed by atoms with Crippen molar-refractivity contribution in [1.82, 2.24) is 4.90 Å². The average Bonchev–Trinajstić information content (AvgIpc) is 1.84. The fraction of sp³-hybridized carbons (Fsp3) is 0.875. The summed E-state index contributed by atoms with van der Waals surface area (Å²) in [6, 6.07) is 0. The van der Waals surface area contributed by atoms with Gasteiger partial charge in [0.1, 0.15) is 0 Å². The summed E-state index contributed by atoms with van der Waals surface area (Å²) in [6.45, 7) is 2.60. The van der Waals surface area contributed by atoms with Gasteiger partial charge in [-0.25, -0.2) is 0 Å². The lowest BCUT2D eigenvalue weighted by atomic mass is 10.2. The molecular formula is C8H17NO3. The molecule has 0 saturated heterocycles. The molecule has 4 heteroatoms. The molecule has 0 rings (SSSR count). The maximum Gasteiger partial charge on any atom is 0.308 e. The van der Waals surface area contributed by atoms with Crippen LogP contribution in [-0.4, -0.2) is 49.3 Å². The van der Waals surface area contributed by atoms with Gasteiger partial charge < -0.3 is 14.7 Å². The van der Waals surface area contributed by atoms with E-state index in [-0.39, 0.29) is 12.4 Å². The SMILES string of the molecule is CCOC(=O)C[C@H](O)CN(C)C. The quantitative estimate of drug-likeness (QED) is 0.591. The van der Waals surface area contributed by atoms with Crippen molar-refractivity contribution in [3.63, 3.8) is 0 Å². The first-order valence-corrected chi connectivity index (χ1v) is 4.04. The van der Waals surface area contributed by atoms with Crippen LogP contribution in [0.5, 0.6) is 0 Å². The van der Waals surface area contributed by atoms with Crippen molar-refractivity contribution in [2.24, 2.45) is 0 Å². The van der Waals surface area contributed by atoms with Crippen LogP contribution < -0.4 is 0 Å². The molecule has 1 atom stereocenters. The van der Waals surface area contributed by atoms with Gasteiger partial charge in [0, 0.05) is 6.54 Å². The van der Waals surface area contributed by atoms with E-state index in [2.05, 4.69) is 4.74 Å². The smallest absolute Gasteiger partial charge is 0.308 e. The van der Waals surface area contributed by atoms with Crippen LogP contribution in [0.1, 0.15) is 13.3 Å². The topological polar surface area (TPSA) is 49.8 Å². The molecule has 1 N–H and O–H groups in total. The van der Waals surface area contributed by atoms with Crippen molar-refractivity contribution in [3.8, 4) is 0 Å². The molecular weight excluding hydrogens is 158 g/mol. The van der Waals surface area contributed by atoms with Gasteiger partial charge in [0.2, 0.25) is 0 Å². The number of aliphatic hydroxyl groups excluding tert-OH is 1. The summed E-state index contributed by atoms with van der Waals surface area (Å²) in [4.78, 5) is 12.7. The van der Waals surface area contributed by atoms with Gasteiger partial charge in [-0.2, -0.15) is 0 Å². The van der Waals surface area contributed by atoms with E-state index in [0.717, 1.165) is 0 Å². The highest BCUT2D eigenvalue weighted by Gasteiger charge is 2.11. The Hall–Kier alpha value is -0.610.